The highest BCUT2D eigenvalue weighted by atomic mass is 16.5. The number of rotatable bonds is 8. The number of hydrogen-bond acceptors (Lipinski definition) is 3. The minimum atomic E-state index is -0.507. The van der Waals surface area contributed by atoms with Gasteiger partial charge in [0.1, 0.15) is 12.4 Å². The predicted octanol–water partition coefficient (Wildman–Crippen LogP) is 3.07. The minimum absolute atomic E-state index is 0.490. The van der Waals surface area contributed by atoms with E-state index in [0.717, 1.165) is 16.9 Å². The molecule has 2 aromatic rings. The Morgan fingerprint density at radius 1 is 1.10 bits per heavy atom. The van der Waals surface area contributed by atoms with Crippen molar-refractivity contribution in [3.63, 3.8) is 0 Å². The summed E-state index contributed by atoms with van der Waals surface area (Å²) < 4.78 is 5.61. The molecule has 0 saturated carbocycles. The average Bonchev–Trinajstić information content (AvgIpc) is 2.54. The third kappa shape index (κ3) is 4.74. The largest absolute Gasteiger partial charge is 0.489 e. The van der Waals surface area contributed by atoms with Crippen LogP contribution in [0.5, 0.6) is 5.75 Å². The smallest absolute Gasteiger partial charge is 0.124 e. The van der Waals surface area contributed by atoms with Gasteiger partial charge in [0.2, 0.25) is 0 Å². The predicted molar refractivity (Wildman–Crippen MR) is 85.2 cm³/mol. The van der Waals surface area contributed by atoms with Gasteiger partial charge in [0.05, 0.1) is 6.10 Å². The second-order valence-electron chi connectivity index (χ2n) is 4.76. The normalized spacial score (nSPS) is 11.9. The van der Waals surface area contributed by atoms with Crippen molar-refractivity contribution >= 4 is 0 Å². The van der Waals surface area contributed by atoms with Crippen LogP contribution in [0.15, 0.2) is 67.3 Å². The highest BCUT2D eigenvalue weighted by molar-refractivity contribution is 5.33. The van der Waals surface area contributed by atoms with Crippen LogP contribution < -0.4 is 10.1 Å². The molecular formula is C18H21NO2. The highest BCUT2D eigenvalue weighted by Crippen LogP contribution is 2.18. The zero-order valence-corrected chi connectivity index (χ0v) is 12.0. The summed E-state index contributed by atoms with van der Waals surface area (Å²) in [7, 11) is 0. The fourth-order valence-corrected chi connectivity index (χ4v) is 2.08. The standard InChI is InChI=1S/C18H21NO2/c1-2-12-21-18-11-7-6-10-16(18)13-19-14-17(20)15-8-4-3-5-9-15/h2-11,17,19-20H,1,12-14H2. The van der Waals surface area contributed by atoms with Crippen LogP contribution in [-0.4, -0.2) is 18.3 Å². The molecule has 2 rings (SSSR count). The topological polar surface area (TPSA) is 41.5 Å². The monoisotopic (exact) mass is 283 g/mol. The number of aliphatic hydroxyl groups is 1. The maximum absolute atomic E-state index is 10.1. The number of para-hydroxylation sites is 1. The van der Waals surface area contributed by atoms with Crippen LogP contribution in [0.25, 0.3) is 0 Å². The molecule has 1 atom stereocenters. The second-order valence-corrected chi connectivity index (χ2v) is 4.76. The molecular weight excluding hydrogens is 262 g/mol. The van der Waals surface area contributed by atoms with Crippen molar-refractivity contribution in [3.05, 3.63) is 78.4 Å². The second kappa shape index (κ2) is 8.25. The van der Waals surface area contributed by atoms with Gasteiger partial charge in [-0.3, -0.25) is 0 Å². The lowest BCUT2D eigenvalue weighted by molar-refractivity contribution is 0.174. The summed E-state index contributed by atoms with van der Waals surface area (Å²) in [4.78, 5) is 0. The third-order valence-corrected chi connectivity index (χ3v) is 3.17. The first-order chi connectivity index (χ1) is 10.3. The van der Waals surface area contributed by atoms with Gasteiger partial charge in [-0.05, 0) is 11.6 Å². The van der Waals surface area contributed by atoms with Crippen molar-refractivity contribution in [2.45, 2.75) is 12.6 Å². The average molecular weight is 283 g/mol. The van der Waals surface area contributed by atoms with Gasteiger partial charge < -0.3 is 15.2 Å². The van der Waals surface area contributed by atoms with E-state index in [4.69, 9.17) is 4.74 Å². The van der Waals surface area contributed by atoms with E-state index < -0.39 is 6.10 Å². The molecule has 2 N–H and O–H groups in total. The van der Waals surface area contributed by atoms with Crippen molar-refractivity contribution < 1.29 is 9.84 Å². The first-order valence-corrected chi connectivity index (χ1v) is 7.06. The Morgan fingerprint density at radius 2 is 1.81 bits per heavy atom. The SMILES string of the molecule is C=CCOc1ccccc1CNCC(O)c1ccccc1. The van der Waals surface area contributed by atoms with Crippen molar-refractivity contribution in [3.8, 4) is 5.75 Å². The molecule has 2 aromatic carbocycles. The molecule has 0 bridgehead atoms. The summed E-state index contributed by atoms with van der Waals surface area (Å²) in [6.45, 7) is 5.29. The van der Waals surface area contributed by atoms with Crippen LogP contribution in [-0.2, 0) is 6.54 Å². The summed E-state index contributed by atoms with van der Waals surface area (Å²) in [5, 5.41) is 13.4. The third-order valence-electron chi connectivity index (χ3n) is 3.17. The van der Waals surface area contributed by atoms with Gasteiger partial charge in [0, 0.05) is 18.7 Å². The first kappa shape index (κ1) is 15.3. The van der Waals surface area contributed by atoms with Crippen molar-refractivity contribution in [2.24, 2.45) is 0 Å². The zero-order valence-electron chi connectivity index (χ0n) is 12.0. The van der Waals surface area contributed by atoms with E-state index in [1.54, 1.807) is 6.08 Å². The molecule has 0 aliphatic heterocycles. The van der Waals surface area contributed by atoms with Gasteiger partial charge in [-0.15, -0.1) is 0 Å². The number of nitrogens with one attached hydrogen (secondary N) is 1. The van der Waals surface area contributed by atoms with Crippen molar-refractivity contribution in [1.29, 1.82) is 0 Å². The molecule has 0 aliphatic carbocycles. The van der Waals surface area contributed by atoms with Gasteiger partial charge in [-0.1, -0.05) is 61.2 Å². The Labute approximate surface area is 125 Å². The maximum atomic E-state index is 10.1. The van der Waals surface area contributed by atoms with Crippen LogP contribution in [0.3, 0.4) is 0 Å². The van der Waals surface area contributed by atoms with E-state index in [2.05, 4.69) is 11.9 Å². The van der Waals surface area contributed by atoms with Crippen molar-refractivity contribution in [2.75, 3.05) is 13.2 Å². The molecule has 0 aromatic heterocycles. The number of hydrogen-bond donors (Lipinski definition) is 2. The zero-order chi connectivity index (χ0) is 14.9. The summed E-state index contributed by atoms with van der Waals surface area (Å²) in [6, 6.07) is 17.5. The lowest BCUT2D eigenvalue weighted by Gasteiger charge is -2.14. The molecule has 0 amide bonds. The van der Waals surface area contributed by atoms with Crippen LogP contribution in [0.4, 0.5) is 0 Å². The Balaban J connectivity index is 1.87. The quantitative estimate of drug-likeness (QED) is 0.732. The molecule has 0 radical (unpaired) electrons. The Kier molecular flexibility index (Phi) is 6.00. The van der Waals surface area contributed by atoms with E-state index in [1.165, 1.54) is 0 Å². The van der Waals surface area contributed by atoms with E-state index in [-0.39, 0.29) is 0 Å². The summed E-state index contributed by atoms with van der Waals surface area (Å²) in [5.41, 5.74) is 1.99. The molecule has 0 aliphatic rings. The highest BCUT2D eigenvalue weighted by Gasteiger charge is 2.07. The number of aliphatic hydroxyl groups excluding tert-OH is 1. The van der Waals surface area contributed by atoms with Gasteiger partial charge in [-0.2, -0.15) is 0 Å². The van der Waals surface area contributed by atoms with Crippen LogP contribution >= 0.6 is 0 Å². The molecule has 21 heavy (non-hydrogen) atoms. The van der Waals surface area contributed by atoms with Crippen molar-refractivity contribution in [1.82, 2.24) is 5.32 Å². The van der Waals surface area contributed by atoms with Gasteiger partial charge in [0.25, 0.3) is 0 Å². The van der Waals surface area contributed by atoms with Crippen LogP contribution in [0.2, 0.25) is 0 Å². The molecule has 0 spiro atoms. The summed E-state index contributed by atoms with van der Waals surface area (Å²) >= 11 is 0. The van der Waals surface area contributed by atoms with Gasteiger partial charge >= 0.3 is 0 Å². The summed E-state index contributed by atoms with van der Waals surface area (Å²) in [6.07, 6.45) is 1.22. The Hall–Kier alpha value is -2.10. The summed E-state index contributed by atoms with van der Waals surface area (Å²) in [5.74, 6) is 0.846. The molecule has 3 heteroatoms. The lowest BCUT2D eigenvalue weighted by atomic mass is 10.1. The van der Waals surface area contributed by atoms with Crippen LogP contribution in [0, 0.1) is 0 Å². The minimum Gasteiger partial charge on any atom is -0.489 e. The van der Waals surface area contributed by atoms with E-state index in [1.807, 2.05) is 54.6 Å². The van der Waals surface area contributed by atoms with E-state index >= 15 is 0 Å². The lowest BCUT2D eigenvalue weighted by Crippen LogP contribution is -2.21. The Bertz CT molecular complexity index is 554. The molecule has 0 saturated heterocycles. The first-order valence-electron chi connectivity index (χ1n) is 7.06. The fraction of sp³-hybridized carbons (Fsp3) is 0.222. The molecule has 3 nitrogen and oxygen atoms in total. The van der Waals surface area contributed by atoms with E-state index in [9.17, 15) is 5.11 Å². The fourth-order valence-electron chi connectivity index (χ4n) is 2.08. The molecule has 0 heterocycles. The number of benzene rings is 2. The molecule has 1 unspecified atom stereocenters. The van der Waals surface area contributed by atoms with E-state index in [0.29, 0.717) is 19.7 Å². The molecule has 110 valence electrons. The van der Waals surface area contributed by atoms with Crippen LogP contribution in [0.1, 0.15) is 17.2 Å². The maximum Gasteiger partial charge on any atom is 0.124 e. The molecule has 0 fully saturated rings. The van der Waals surface area contributed by atoms with Gasteiger partial charge in [0.15, 0.2) is 0 Å². The Morgan fingerprint density at radius 3 is 2.57 bits per heavy atom. The number of ether oxygens (including phenoxy) is 1. The van der Waals surface area contributed by atoms with Gasteiger partial charge in [-0.25, -0.2) is 0 Å².